The van der Waals surface area contributed by atoms with Gasteiger partial charge in [-0.15, -0.1) is 0 Å². The summed E-state index contributed by atoms with van der Waals surface area (Å²) >= 11 is 6.25. The summed E-state index contributed by atoms with van der Waals surface area (Å²) in [7, 11) is 0. The first kappa shape index (κ1) is 15.7. The Balaban J connectivity index is 1.63. The Morgan fingerprint density at radius 3 is 2.70 bits per heavy atom. The number of nitriles is 1. The third-order valence-corrected chi connectivity index (χ3v) is 4.41. The minimum Gasteiger partial charge on any atom is -0.353 e. The average molecular weight is 328 g/mol. The summed E-state index contributed by atoms with van der Waals surface area (Å²) < 4.78 is 0. The van der Waals surface area contributed by atoms with Crippen molar-refractivity contribution in [3.05, 3.63) is 52.4 Å². The zero-order chi connectivity index (χ0) is 16.2. The SMILES string of the molecule is Cc1ncccc1CN1CCN(c2ncc(C#N)cc2Cl)CC1. The van der Waals surface area contributed by atoms with Gasteiger partial charge >= 0.3 is 0 Å². The van der Waals surface area contributed by atoms with Crippen LogP contribution in [-0.2, 0) is 6.54 Å². The second kappa shape index (κ2) is 6.95. The fourth-order valence-electron chi connectivity index (χ4n) is 2.77. The Bertz CT molecular complexity index is 732. The molecule has 1 saturated heterocycles. The van der Waals surface area contributed by atoms with Crippen molar-refractivity contribution in [2.45, 2.75) is 13.5 Å². The van der Waals surface area contributed by atoms with E-state index in [0.717, 1.165) is 44.2 Å². The maximum atomic E-state index is 8.89. The topological polar surface area (TPSA) is 56.1 Å². The summed E-state index contributed by atoms with van der Waals surface area (Å²) in [5.74, 6) is 0.767. The van der Waals surface area contributed by atoms with E-state index in [1.165, 1.54) is 5.56 Å². The molecule has 2 aromatic rings. The molecule has 5 nitrogen and oxygen atoms in total. The number of aryl methyl sites for hydroxylation is 1. The lowest BCUT2D eigenvalue weighted by Crippen LogP contribution is -2.46. The van der Waals surface area contributed by atoms with Crippen LogP contribution in [0.1, 0.15) is 16.8 Å². The molecule has 1 aliphatic rings. The van der Waals surface area contributed by atoms with Crippen molar-refractivity contribution < 1.29 is 0 Å². The molecule has 0 spiro atoms. The third kappa shape index (κ3) is 3.61. The Hall–Kier alpha value is -2.16. The second-order valence-electron chi connectivity index (χ2n) is 5.65. The summed E-state index contributed by atoms with van der Waals surface area (Å²) in [5.41, 5.74) is 2.85. The standard InChI is InChI=1S/C17H18ClN5/c1-13-15(3-2-4-20-13)12-22-5-7-23(8-6-22)17-16(18)9-14(10-19)11-21-17/h2-4,9,11H,5-8,12H2,1H3. The molecule has 0 atom stereocenters. The van der Waals surface area contributed by atoms with Gasteiger partial charge in [0.25, 0.3) is 0 Å². The molecule has 0 N–H and O–H groups in total. The zero-order valence-electron chi connectivity index (χ0n) is 13.0. The first-order chi connectivity index (χ1) is 11.2. The summed E-state index contributed by atoms with van der Waals surface area (Å²) in [6.07, 6.45) is 3.40. The number of piperazine rings is 1. The second-order valence-corrected chi connectivity index (χ2v) is 6.06. The predicted octanol–water partition coefficient (Wildman–Crippen LogP) is 2.63. The smallest absolute Gasteiger partial charge is 0.147 e. The third-order valence-electron chi connectivity index (χ3n) is 4.13. The van der Waals surface area contributed by atoms with Crippen LogP contribution in [0, 0.1) is 18.3 Å². The van der Waals surface area contributed by atoms with E-state index in [1.54, 1.807) is 12.3 Å². The van der Waals surface area contributed by atoms with Gasteiger partial charge in [-0.2, -0.15) is 5.26 Å². The van der Waals surface area contributed by atoms with Gasteiger partial charge in [-0.3, -0.25) is 9.88 Å². The molecule has 1 fully saturated rings. The molecule has 0 aromatic carbocycles. The highest BCUT2D eigenvalue weighted by molar-refractivity contribution is 6.33. The van der Waals surface area contributed by atoms with Crippen LogP contribution in [0.15, 0.2) is 30.6 Å². The van der Waals surface area contributed by atoms with E-state index in [9.17, 15) is 0 Å². The molecular formula is C17H18ClN5. The molecule has 2 aromatic heterocycles. The van der Waals surface area contributed by atoms with Crippen molar-refractivity contribution in [1.29, 1.82) is 5.26 Å². The zero-order valence-corrected chi connectivity index (χ0v) is 13.8. The summed E-state index contributed by atoms with van der Waals surface area (Å²) in [5, 5.41) is 9.43. The number of nitrogens with zero attached hydrogens (tertiary/aromatic N) is 5. The molecule has 0 unspecified atom stereocenters. The van der Waals surface area contributed by atoms with Gasteiger partial charge in [0.15, 0.2) is 0 Å². The summed E-state index contributed by atoms with van der Waals surface area (Å²) in [4.78, 5) is 13.3. The van der Waals surface area contributed by atoms with Crippen molar-refractivity contribution in [2.24, 2.45) is 0 Å². The van der Waals surface area contributed by atoms with E-state index >= 15 is 0 Å². The lowest BCUT2D eigenvalue weighted by Gasteiger charge is -2.35. The van der Waals surface area contributed by atoms with Crippen LogP contribution in [-0.4, -0.2) is 41.0 Å². The molecule has 23 heavy (non-hydrogen) atoms. The van der Waals surface area contributed by atoms with Crippen LogP contribution in [0.25, 0.3) is 0 Å². The Labute approximate surface area is 141 Å². The number of hydrogen-bond acceptors (Lipinski definition) is 5. The van der Waals surface area contributed by atoms with Gasteiger partial charge in [0.2, 0.25) is 0 Å². The van der Waals surface area contributed by atoms with Gasteiger partial charge < -0.3 is 4.90 Å². The molecule has 0 amide bonds. The lowest BCUT2D eigenvalue weighted by atomic mass is 10.2. The van der Waals surface area contributed by atoms with Crippen LogP contribution in [0.3, 0.4) is 0 Å². The molecule has 118 valence electrons. The Morgan fingerprint density at radius 1 is 1.26 bits per heavy atom. The van der Waals surface area contributed by atoms with Crippen molar-refractivity contribution >= 4 is 17.4 Å². The normalized spacial score (nSPS) is 15.4. The van der Waals surface area contributed by atoms with Gasteiger partial charge in [-0.05, 0) is 24.6 Å². The number of rotatable bonds is 3. The average Bonchev–Trinajstić information content (AvgIpc) is 2.58. The quantitative estimate of drug-likeness (QED) is 0.867. The minimum absolute atomic E-state index is 0.490. The number of hydrogen-bond donors (Lipinski definition) is 0. The van der Waals surface area contributed by atoms with Crippen molar-refractivity contribution in [3.8, 4) is 6.07 Å². The van der Waals surface area contributed by atoms with E-state index in [0.29, 0.717) is 10.6 Å². The Morgan fingerprint density at radius 2 is 2.04 bits per heavy atom. The van der Waals surface area contributed by atoms with Crippen LogP contribution in [0.4, 0.5) is 5.82 Å². The molecule has 0 radical (unpaired) electrons. The maximum Gasteiger partial charge on any atom is 0.147 e. The van der Waals surface area contributed by atoms with Gasteiger partial charge in [0.05, 0.1) is 10.6 Å². The first-order valence-corrected chi connectivity index (χ1v) is 7.98. The molecule has 0 aliphatic carbocycles. The van der Waals surface area contributed by atoms with Crippen molar-refractivity contribution in [2.75, 3.05) is 31.1 Å². The molecule has 3 rings (SSSR count). The van der Waals surface area contributed by atoms with Gasteiger partial charge in [-0.25, -0.2) is 4.98 Å². The van der Waals surface area contributed by atoms with Crippen LogP contribution in [0.5, 0.6) is 0 Å². The fourth-order valence-corrected chi connectivity index (χ4v) is 3.05. The van der Waals surface area contributed by atoms with Gasteiger partial charge in [0, 0.05) is 50.8 Å². The van der Waals surface area contributed by atoms with E-state index in [1.807, 2.05) is 19.2 Å². The van der Waals surface area contributed by atoms with Gasteiger partial charge in [0.1, 0.15) is 11.9 Å². The highest BCUT2D eigenvalue weighted by atomic mass is 35.5. The number of halogens is 1. The van der Waals surface area contributed by atoms with E-state index < -0.39 is 0 Å². The van der Waals surface area contributed by atoms with E-state index in [4.69, 9.17) is 16.9 Å². The van der Waals surface area contributed by atoms with E-state index in [-0.39, 0.29) is 0 Å². The van der Waals surface area contributed by atoms with Gasteiger partial charge in [-0.1, -0.05) is 17.7 Å². The van der Waals surface area contributed by atoms with Crippen molar-refractivity contribution in [3.63, 3.8) is 0 Å². The fraction of sp³-hybridized carbons (Fsp3) is 0.353. The Kier molecular flexibility index (Phi) is 4.75. The highest BCUT2D eigenvalue weighted by Gasteiger charge is 2.20. The number of aromatic nitrogens is 2. The summed E-state index contributed by atoms with van der Waals surface area (Å²) in [6.45, 7) is 6.61. The predicted molar refractivity (Wildman–Crippen MR) is 90.4 cm³/mol. The molecular weight excluding hydrogens is 310 g/mol. The van der Waals surface area contributed by atoms with Crippen LogP contribution in [0.2, 0.25) is 5.02 Å². The van der Waals surface area contributed by atoms with Crippen LogP contribution >= 0.6 is 11.6 Å². The molecule has 1 aliphatic heterocycles. The monoisotopic (exact) mass is 327 g/mol. The molecule has 6 heteroatoms. The lowest BCUT2D eigenvalue weighted by molar-refractivity contribution is 0.248. The summed E-state index contributed by atoms with van der Waals surface area (Å²) in [6, 6.07) is 7.85. The minimum atomic E-state index is 0.490. The number of anilines is 1. The molecule has 3 heterocycles. The largest absolute Gasteiger partial charge is 0.353 e. The molecule has 0 bridgehead atoms. The maximum absolute atomic E-state index is 8.89. The highest BCUT2D eigenvalue weighted by Crippen LogP contribution is 2.25. The number of pyridine rings is 2. The van der Waals surface area contributed by atoms with Crippen molar-refractivity contribution in [1.82, 2.24) is 14.9 Å². The first-order valence-electron chi connectivity index (χ1n) is 7.61. The molecule has 0 saturated carbocycles. The van der Waals surface area contributed by atoms with E-state index in [2.05, 4.69) is 31.9 Å². The van der Waals surface area contributed by atoms with Crippen LogP contribution < -0.4 is 4.90 Å².